The number of rotatable bonds is 9. The molecule has 6 heteroatoms. The molecule has 0 bridgehead atoms. The van der Waals surface area contributed by atoms with Crippen LogP contribution in [0.3, 0.4) is 0 Å². The van der Waals surface area contributed by atoms with Gasteiger partial charge in [-0.05, 0) is 25.3 Å². The molecule has 1 aromatic carbocycles. The molecule has 0 aliphatic carbocycles. The first-order valence-electron chi connectivity index (χ1n) is 7.55. The van der Waals surface area contributed by atoms with Gasteiger partial charge in [-0.1, -0.05) is 38.8 Å². The molecule has 1 rings (SSSR count). The Labute approximate surface area is 131 Å². The zero-order chi connectivity index (χ0) is 16.5. The number of hydrogen-bond acceptors (Lipinski definition) is 4. The van der Waals surface area contributed by atoms with Gasteiger partial charge in [0.05, 0.1) is 4.92 Å². The van der Waals surface area contributed by atoms with Gasteiger partial charge in [0.25, 0.3) is 5.91 Å². The zero-order valence-corrected chi connectivity index (χ0v) is 13.4. The van der Waals surface area contributed by atoms with Crippen molar-refractivity contribution in [1.82, 2.24) is 5.32 Å². The van der Waals surface area contributed by atoms with E-state index in [0.717, 1.165) is 19.3 Å². The Balaban J connectivity index is 2.39. The van der Waals surface area contributed by atoms with E-state index in [1.54, 1.807) is 12.1 Å². The second-order valence-corrected chi connectivity index (χ2v) is 5.81. The minimum Gasteiger partial charge on any atom is -0.477 e. The summed E-state index contributed by atoms with van der Waals surface area (Å²) < 4.78 is 5.25. The van der Waals surface area contributed by atoms with Gasteiger partial charge in [0.2, 0.25) is 0 Å². The Morgan fingerprint density at radius 2 is 1.95 bits per heavy atom. The fourth-order valence-corrected chi connectivity index (χ4v) is 2.09. The van der Waals surface area contributed by atoms with Crippen molar-refractivity contribution in [1.29, 1.82) is 0 Å². The van der Waals surface area contributed by atoms with Crippen LogP contribution in [0.5, 0.6) is 5.75 Å². The van der Waals surface area contributed by atoms with E-state index in [1.807, 2.05) is 6.92 Å². The van der Waals surface area contributed by atoms with E-state index in [-0.39, 0.29) is 30.0 Å². The summed E-state index contributed by atoms with van der Waals surface area (Å²) in [4.78, 5) is 22.1. The molecule has 1 amide bonds. The number of carbonyl (C=O) groups is 1. The molecule has 22 heavy (non-hydrogen) atoms. The van der Waals surface area contributed by atoms with Crippen molar-refractivity contribution in [2.45, 2.75) is 46.1 Å². The Morgan fingerprint density at radius 3 is 2.59 bits per heavy atom. The van der Waals surface area contributed by atoms with E-state index in [4.69, 9.17) is 4.74 Å². The molecule has 1 atom stereocenters. The standard InChI is InChI=1S/C16H24N2O4/c1-12(2)7-6-8-13(3)17-16(19)11-22-15-10-5-4-9-14(15)18(20)21/h4-5,9-10,12-13H,6-8,11H2,1-3H3,(H,17,19). The Bertz CT molecular complexity index is 503. The molecule has 0 aliphatic heterocycles. The fourth-order valence-electron chi connectivity index (χ4n) is 2.09. The largest absolute Gasteiger partial charge is 0.477 e. The van der Waals surface area contributed by atoms with Crippen LogP contribution in [0.15, 0.2) is 24.3 Å². The van der Waals surface area contributed by atoms with Gasteiger partial charge in [-0.15, -0.1) is 0 Å². The van der Waals surface area contributed by atoms with Crippen molar-refractivity contribution >= 4 is 11.6 Å². The Morgan fingerprint density at radius 1 is 1.27 bits per heavy atom. The lowest BCUT2D eigenvalue weighted by atomic mass is 10.0. The Kier molecular flexibility index (Phi) is 7.36. The van der Waals surface area contributed by atoms with E-state index in [9.17, 15) is 14.9 Å². The molecule has 0 fully saturated rings. The third-order valence-electron chi connectivity index (χ3n) is 3.25. The van der Waals surface area contributed by atoms with Crippen molar-refractivity contribution in [3.05, 3.63) is 34.4 Å². The molecule has 1 unspecified atom stereocenters. The topological polar surface area (TPSA) is 81.5 Å². The second-order valence-electron chi connectivity index (χ2n) is 5.81. The van der Waals surface area contributed by atoms with E-state index in [1.165, 1.54) is 12.1 Å². The maximum absolute atomic E-state index is 11.8. The van der Waals surface area contributed by atoms with Gasteiger partial charge >= 0.3 is 5.69 Å². The summed E-state index contributed by atoms with van der Waals surface area (Å²) >= 11 is 0. The van der Waals surface area contributed by atoms with Gasteiger partial charge in [0, 0.05) is 12.1 Å². The molecule has 1 N–H and O–H groups in total. The third kappa shape index (κ3) is 6.56. The molecule has 0 spiro atoms. The lowest BCUT2D eigenvalue weighted by Crippen LogP contribution is -2.36. The first-order valence-corrected chi connectivity index (χ1v) is 7.55. The van der Waals surface area contributed by atoms with Crippen LogP contribution in [0.1, 0.15) is 40.0 Å². The molecular weight excluding hydrogens is 284 g/mol. The number of carbonyl (C=O) groups excluding carboxylic acids is 1. The van der Waals surface area contributed by atoms with Gasteiger partial charge in [-0.3, -0.25) is 14.9 Å². The van der Waals surface area contributed by atoms with Crippen LogP contribution < -0.4 is 10.1 Å². The van der Waals surface area contributed by atoms with Crippen molar-refractivity contribution in [3.63, 3.8) is 0 Å². The zero-order valence-electron chi connectivity index (χ0n) is 13.4. The number of ether oxygens (including phenoxy) is 1. The van der Waals surface area contributed by atoms with Gasteiger partial charge in [-0.2, -0.15) is 0 Å². The first-order chi connectivity index (χ1) is 10.4. The van der Waals surface area contributed by atoms with Crippen LogP contribution in [0.2, 0.25) is 0 Å². The van der Waals surface area contributed by atoms with Crippen LogP contribution in [0.4, 0.5) is 5.69 Å². The van der Waals surface area contributed by atoms with E-state index in [2.05, 4.69) is 19.2 Å². The second kappa shape index (κ2) is 9.02. The number of para-hydroxylation sites is 2. The highest BCUT2D eigenvalue weighted by Gasteiger charge is 2.15. The minimum atomic E-state index is -0.526. The average molecular weight is 308 g/mol. The van der Waals surface area contributed by atoms with E-state index in [0.29, 0.717) is 5.92 Å². The molecule has 1 aromatic rings. The summed E-state index contributed by atoms with van der Waals surface area (Å²) in [5, 5.41) is 13.7. The molecule has 6 nitrogen and oxygen atoms in total. The lowest BCUT2D eigenvalue weighted by molar-refractivity contribution is -0.385. The van der Waals surface area contributed by atoms with Crippen LogP contribution >= 0.6 is 0 Å². The van der Waals surface area contributed by atoms with Gasteiger partial charge in [0.15, 0.2) is 12.4 Å². The minimum absolute atomic E-state index is 0.0700. The van der Waals surface area contributed by atoms with Crippen molar-refractivity contribution in [3.8, 4) is 5.75 Å². The quantitative estimate of drug-likeness (QED) is 0.560. The number of benzene rings is 1. The van der Waals surface area contributed by atoms with Gasteiger partial charge < -0.3 is 10.1 Å². The molecule has 0 heterocycles. The monoisotopic (exact) mass is 308 g/mol. The summed E-state index contributed by atoms with van der Waals surface area (Å²) in [5.74, 6) is 0.496. The molecule has 0 aliphatic rings. The normalized spacial score (nSPS) is 12.0. The maximum atomic E-state index is 11.8. The average Bonchev–Trinajstić information content (AvgIpc) is 2.44. The Hall–Kier alpha value is -2.11. The number of nitro groups is 1. The molecular formula is C16H24N2O4. The van der Waals surface area contributed by atoms with Crippen molar-refractivity contribution in [2.75, 3.05) is 6.61 Å². The molecule has 0 saturated carbocycles. The maximum Gasteiger partial charge on any atom is 0.310 e. The fraction of sp³-hybridized carbons (Fsp3) is 0.562. The lowest BCUT2D eigenvalue weighted by Gasteiger charge is -2.14. The summed E-state index contributed by atoms with van der Waals surface area (Å²) in [6.45, 7) is 6.07. The number of nitrogens with zero attached hydrogens (tertiary/aromatic N) is 1. The van der Waals surface area contributed by atoms with Crippen LogP contribution in [0, 0.1) is 16.0 Å². The van der Waals surface area contributed by atoms with Crippen molar-refractivity contribution in [2.24, 2.45) is 5.92 Å². The van der Waals surface area contributed by atoms with Crippen LogP contribution in [-0.4, -0.2) is 23.5 Å². The molecule has 0 radical (unpaired) electrons. The summed E-state index contributed by atoms with van der Waals surface area (Å²) in [6, 6.07) is 6.09. The number of nitrogens with one attached hydrogen (secondary N) is 1. The van der Waals surface area contributed by atoms with Crippen molar-refractivity contribution < 1.29 is 14.5 Å². The van der Waals surface area contributed by atoms with Crippen LogP contribution in [0.25, 0.3) is 0 Å². The summed E-state index contributed by atoms with van der Waals surface area (Å²) in [6.07, 6.45) is 3.10. The predicted octanol–water partition coefficient (Wildman–Crippen LogP) is 3.30. The SMILES string of the molecule is CC(C)CCCC(C)NC(=O)COc1ccccc1[N+](=O)[O-]. The molecule has 0 aromatic heterocycles. The van der Waals surface area contributed by atoms with Crippen LogP contribution in [-0.2, 0) is 4.79 Å². The summed E-state index contributed by atoms with van der Waals surface area (Å²) in [7, 11) is 0. The molecule has 0 saturated heterocycles. The van der Waals surface area contributed by atoms with E-state index >= 15 is 0 Å². The first kappa shape index (κ1) is 17.9. The number of nitro benzene ring substituents is 1. The number of hydrogen-bond donors (Lipinski definition) is 1. The highest BCUT2D eigenvalue weighted by Crippen LogP contribution is 2.25. The highest BCUT2D eigenvalue weighted by atomic mass is 16.6. The van der Waals surface area contributed by atoms with Gasteiger partial charge in [0.1, 0.15) is 0 Å². The van der Waals surface area contributed by atoms with Gasteiger partial charge in [-0.25, -0.2) is 0 Å². The molecule has 122 valence electrons. The predicted molar refractivity (Wildman–Crippen MR) is 84.9 cm³/mol. The highest BCUT2D eigenvalue weighted by molar-refractivity contribution is 5.77. The smallest absolute Gasteiger partial charge is 0.310 e. The number of amides is 1. The third-order valence-corrected chi connectivity index (χ3v) is 3.25. The summed E-state index contributed by atoms with van der Waals surface area (Å²) in [5.41, 5.74) is -0.139. The van der Waals surface area contributed by atoms with E-state index < -0.39 is 4.92 Å².